The summed E-state index contributed by atoms with van der Waals surface area (Å²) in [6.45, 7) is 0.861. The Hall–Kier alpha value is -1.93. The lowest BCUT2D eigenvalue weighted by atomic mass is 10.2. The van der Waals surface area contributed by atoms with Gasteiger partial charge < -0.3 is 20.1 Å². The van der Waals surface area contributed by atoms with E-state index in [1.807, 2.05) is 0 Å². The van der Waals surface area contributed by atoms with Crippen molar-refractivity contribution in [2.45, 2.75) is 12.5 Å². The Balaban J connectivity index is 1.74. The van der Waals surface area contributed by atoms with E-state index in [1.165, 1.54) is 16.2 Å². The van der Waals surface area contributed by atoms with Crippen molar-refractivity contribution >= 4 is 29.1 Å². The van der Waals surface area contributed by atoms with Gasteiger partial charge in [0.2, 0.25) is 5.91 Å². The number of carbonyl (C=O) groups is 3. The van der Waals surface area contributed by atoms with Crippen molar-refractivity contribution in [2.75, 3.05) is 26.2 Å². The van der Waals surface area contributed by atoms with Gasteiger partial charge in [-0.2, -0.15) is 11.3 Å². The molecule has 0 aliphatic carbocycles. The third-order valence-electron chi connectivity index (χ3n) is 3.10. The number of morpholine rings is 1. The van der Waals surface area contributed by atoms with Gasteiger partial charge in [-0.1, -0.05) is 0 Å². The van der Waals surface area contributed by atoms with Gasteiger partial charge in [0.1, 0.15) is 0 Å². The fourth-order valence-electron chi connectivity index (χ4n) is 1.96. The van der Waals surface area contributed by atoms with Gasteiger partial charge in [0, 0.05) is 30.5 Å². The molecule has 7 nitrogen and oxygen atoms in total. The van der Waals surface area contributed by atoms with Crippen LogP contribution in [-0.4, -0.2) is 60.1 Å². The largest absolute Gasteiger partial charge is 0.479 e. The van der Waals surface area contributed by atoms with Gasteiger partial charge in [0.05, 0.1) is 13.2 Å². The maximum absolute atomic E-state index is 12.0. The maximum atomic E-state index is 12.0. The second kappa shape index (κ2) is 7.19. The monoisotopic (exact) mass is 312 g/mol. The maximum Gasteiger partial charge on any atom is 0.334 e. The zero-order chi connectivity index (χ0) is 15.2. The first-order valence-electron chi connectivity index (χ1n) is 6.50. The zero-order valence-electron chi connectivity index (χ0n) is 11.3. The molecular formula is C13H16N2O5S. The molecule has 114 valence electrons. The first-order valence-corrected chi connectivity index (χ1v) is 7.45. The molecule has 1 aliphatic heterocycles. The van der Waals surface area contributed by atoms with Crippen molar-refractivity contribution in [3.63, 3.8) is 0 Å². The number of carboxylic acids is 1. The van der Waals surface area contributed by atoms with Crippen LogP contribution in [0.4, 0.5) is 0 Å². The average Bonchev–Trinajstić information content (AvgIpc) is 3.01. The van der Waals surface area contributed by atoms with Crippen molar-refractivity contribution in [1.82, 2.24) is 10.2 Å². The summed E-state index contributed by atoms with van der Waals surface area (Å²) < 4.78 is 5.05. The first kappa shape index (κ1) is 15.5. The smallest absolute Gasteiger partial charge is 0.334 e. The Bertz CT molecular complexity index is 517. The van der Waals surface area contributed by atoms with Crippen molar-refractivity contribution in [3.8, 4) is 0 Å². The number of amides is 2. The number of carbonyl (C=O) groups excluding carboxylic acids is 2. The third-order valence-corrected chi connectivity index (χ3v) is 3.79. The molecule has 2 rings (SSSR count). The minimum absolute atomic E-state index is 0.0483. The second-order valence-corrected chi connectivity index (χ2v) is 5.34. The molecule has 0 spiro atoms. The Labute approximate surface area is 125 Å². The minimum atomic E-state index is -1.07. The average molecular weight is 312 g/mol. The molecule has 1 aliphatic rings. The zero-order valence-corrected chi connectivity index (χ0v) is 12.1. The lowest BCUT2D eigenvalue weighted by Crippen LogP contribution is -2.49. The van der Waals surface area contributed by atoms with Crippen LogP contribution in [0.5, 0.6) is 0 Å². The molecule has 1 atom stereocenters. The van der Waals surface area contributed by atoms with Gasteiger partial charge in [-0.3, -0.25) is 9.59 Å². The topological polar surface area (TPSA) is 95.9 Å². The van der Waals surface area contributed by atoms with E-state index in [2.05, 4.69) is 5.32 Å². The van der Waals surface area contributed by atoms with E-state index >= 15 is 0 Å². The molecule has 1 saturated heterocycles. The molecule has 1 aromatic rings. The Morgan fingerprint density at radius 2 is 2.29 bits per heavy atom. The molecule has 0 saturated carbocycles. The number of nitrogens with zero attached hydrogens (tertiary/aromatic N) is 1. The predicted molar refractivity (Wildman–Crippen MR) is 75.2 cm³/mol. The van der Waals surface area contributed by atoms with Crippen LogP contribution in [0.2, 0.25) is 0 Å². The number of rotatable bonds is 5. The molecule has 1 fully saturated rings. The van der Waals surface area contributed by atoms with Crippen molar-refractivity contribution < 1.29 is 24.2 Å². The summed E-state index contributed by atoms with van der Waals surface area (Å²) in [6.07, 6.45) is -0.828. The van der Waals surface area contributed by atoms with Crippen LogP contribution in [0.1, 0.15) is 16.8 Å². The number of ether oxygens (including phenoxy) is 1. The normalized spacial score (nSPS) is 18.3. The summed E-state index contributed by atoms with van der Waals surface area (Å²) in [5.74, 6) is -1.47. The summed E-state index contributed by atoms with van der Waals surface area (Å²) in [7, 11) is 0. The second-order valence-electron chi connectivity index (χ2n) is 4.56. The van der Waals surface area contributed by atoms with Gasteiger partial charge in [-0.05, 0) is 11.4 Å². The van der Waals surface area contributed by atoms with Crippen LogP contribution in [0.3, 0.4) is 0 Å². The number of thiophene rings is 1. The molecule has 21 heavy (non-hydrogen) atoms. The number of aliphatic carboxylic acids is 1. The first-order chi connectivity index (χ1) is 10.1. The van der Waals surface area contributed by atoms with Crippen LogP contribution in [-0.2, 0) is 14.3 Å². The summed E-state index contributed by atoms with van der Waals surface area (Å²) in [4.78, 5) is 35.9. The molecule has 2 N–H and O–H groups in total. The van der Waals surface area contributed by atoms with Crippen LogP contribution >= 0.6 is 11.3 Å². The quantitative estimate of drug-likeness (QED) is 0.808. The highest BCUT2D eigenvalue weighted by Crippen LogP contribution is 2.08. The van der Waals surface area contributed by atoms with Gasteiger partial charge in [-0.25, -0.2) is 4.79 Å². The van der Waals surface area contributed by atoms with Gasteiger partial charge >= 0.3 is 5.97 Å². The lowest BCUT2D eigenvalue weighted by Gasteiger charge is -2.30. The molecule has 0 bridgehead atoms. The molecular weight excluding hydrogens is 296 g/mol. The molecule has 0 aromatic carbocycles. The van der Waals surface area contributed by atoms with E-state index < -0.39 is 12.1 Å². The molecule has 8 heteroatoms. The molecule has 2 amide bonds. The Morgan fingerprint density at radius 1 is 1.48 bits per heavy atom. The Kier molecular flexibility index (Phi) is 5.29. The third kappa shape index (κ3) is 4.27. The number of nitrogens with one attached hydrogen (secondary N) is 1. The highest BCUT2D eigenvalue weighted by molar-refractivity contribution is 7.08. The van der Waals surface area contributed by atoms with Crippen LogP contribution in [0, 0.1) is 0 Å². The summed E-state index contributed by atoms with van der Waals surface area (Å²) in [5.41, 5.74) is 0.574. The fraction of sp³-hybridized carbons (Fsp3) is 0.462. The van der Waals surface area contributed by atoms with E-state index in [0.29, 0.717) is 12.1 Å². The van der Waals surface area contributed by atoms with Gasteiger partial charge in [0.25, 0.3) is 5.91 Å². The predicted octanol–water partition coefficient (Wildman–Crippen LogP) is 0.180. The van der Waals surface area contributed by atoms with Crippen LogP contribution in [0.25, 0.3) is 0 Å². The lowest BCUT2D eigenvalue weighted by molar-refractivity contribution is -0.159. The minimum Gasteiger partial charge on any atom is -0.479 e. The molecule has 1 unspecified atom stereocenters. The summed E-state index contributed by atoms with van der Waals surface area (Å²) >= 11 is 1.43. The number of hydrogen-bond donors (Lipinski definition) is 2. The van der Waals surface area contributed by atoms with Crippen LogP contribution in [0.15, 0.2) is 16.8 Å². The fourth-order valence-corrected chi connectivity index (χ4v) is 2.60. The van der Waals surface area contributed by atoms with E-state index in [1.54, 1.807) is 16.8 Å². The summed E-state index contributed by atoms with van der Waals surface area (Å²) in [6, 6.07) is 1.71. The Morgan fingerprint density at radius 3 is 2.95 bits per heavy atom. The molecule has 0 radical (unpaired) electrons. The number of hydrogen-bond acceptors (Lipinski definition) is 5. The SMILES string of the molecule is O=C(NCCC(=O)N1CCOC(C(=O)O)C1)c1ccsc1. The van der Waals surface area contributed by atoms with E-state index in [4.69, 9.17) is 9.84 Å². The van der Waals surface area contributed by atoms with Crippen molar-refractivity contribution in [2.24, 2.45) is 0 Å². The van der Waals surface area contributed by atoms with E-state index in [9.17, 15) is 14.4 Å². The van der Waals surface area contributed by atoms with Gasteiger partial charge in [0.15, 0.2) is 6.10 Å². The standard InChI is InChI=1S/C13H16N2O5S/c16-11(15-4-5-20-10(7-15)13(18)19)1-3-14-12(17)9-2-6-21-8-9/h2,6,8,10H,1,3-5,7H2,(H,14,17)(H,18,19). The van der Waals surface area contributed by atoms with E-state index in [-0.39, 0.29) is 37.9 Å². The van der Waals surface area contributed by atoms with Crippen molar-refractivity contribution in [1.29, 1.82) is 0 Å². The van der Waals surface area contributed by atoms with Gasteiger partial charge in [-0.15, -0.1) is 0 Å². The summed E-state index contributed by atoms with van der Waals surface area (Å²) in [5, 5.41) is 15.1. The van der Waals surface area contributed by atoms with E-state index in [0.717, 1.165) is 0 Å². The van der Waals surface area contributed by atoms with Crippen molar-refractivity contribution in [3.05, 3.63) is 22.4 Å². The molecule has 1 aromatic heterocycles. The highest BCUT2D eigenvalue weighted by Gasteiger charge is 2.28. The molecule has 2 heterocycles. The number of carboxylic acid groups (broad SMARTS) is 1. The van der Waals surface area contributed by atoms with Crippen LogP contribution < -0.4 is 5.32 Å². The highest BCUT2D eigenvalue weighted by atomic mass is 32.1.